The van der Waals surface area contributed by atoms with Gasteiger partial charge in [-0.1, -0.05) is 59.7 Å². The Morgan fingerprint density at radius 3 is 2.40 bits per heavy atom. The van der Waals surface area contributed by atoms with Crippen molar-refractivity contribution in [1.29, 1.82) is 0 Å². The van der Waals surface area contributed by atoms with Crippen LogP contribution in [-0.4, -0.2) is 43.0 Å². The minimum atomic E-state index is -0.609. The molecular formula is C28H39BrN2O4. The van der Waals surface area contributed by atoms with Gasteiger partial charge in [0.15, 0.2) is 6.61 Å². The van der Waals surface area contributed by atoms with Crippen LogP contribution in [0.4, 0.5) is 0 Å². The van der Waals surface area contributed by atoms with Crippen molar-refractivity contribution < 1.29 is 19.1 Å². The molecule has 0 bridgehead atoms. The molecule has 192 valence electrons. The molecule has 2 aromatic carbocycles. The predicted molar refractivity (Wildman–Crippen MR) is 144 cm³/mol. The van der Waals surface area contributed by atoms with E-state index in [2.05, 4.69) is 42.0 Å². The molecule has 0 aliphatic rings. The Hall–Kier alpha value is -2.54. The lowest BCUT2D eigenvalue weighted by Crippen LogP contribution is -2.50. The number of amides is 2. The largest absolute Gasteiger partial charge is 0.497 e. The lowest BCUT2D eigenvalue weighted by atomic mass is 9.87. The van der Waals surface area contributed by atoms with Gasteiger partial charge in [-0.3, -0.25) is 9.59 Å². The molecule has 0 aliphatic carbocycles. The fraction of sp³-hybridized carbons (Fsp3) is 0.500. The minimum Gasteiger partial charge on any atom is -0.497 e. The van der Waals surface area contributed by atoms with Gasteiger partial charge in [-0.15, -0.1) is 0 Å². The molecule has 0 radical (unpaired) electrons. The molecule has 0 aliphatic heterocycles. The number of rotatable bonds is 11. The first-order valence-corrected chi connectivity index (χ1v) is 12.9. The Balaban J connectivity index is 2.25. The van der Waals surface area contributed by atoms with Crippen LogP contribution < -0.4 is 14.8 Å². The van der Waals surface area contributed by atoms with Crippen LogP contribution in [0.5, 0.6) is 11.5 Å². The summed E-state index contributed by atoms with van der Waals surface area (Å²) in [5, 5.41) is 2.97. The quantitative estimate of drug-likeness (QED) is 0.391. The standard InChI is InChI=1S/C28H39BrN2O4/c1-8-24(27(33)30-16-19(2)3)31(17-20-10-9-11-22(14-20)34-7)26(32)18-35-25-13-12-21(15-23(25)29)28(4,5)6/h9-15,19,24H,8,16-18H2,1-7H3,(H,30,33). The third-order valence-electron chi connectivity index (χ3n) is 5.71. The molecule has 2 amide bonds. The van der Waals surface area contributed by atoms with E-state index in [4.69, 9.17) is 9.47 Å². The minimum absolute atomic E-state index is 0.00209. The normalized spacial score (nSPS) is 12.3. The molecule has 0 saturated heterocycles. The van der Waals surface area contributed by atoms with Gasteiger partial charge in [-0.2, -0.15) is 0 Å². The monoisotopic (exact) mass is 546 g/mol. The highest BCUT2D eigenvalue weighted by molar-refractivity contribution is 9.10. The van der Waals surface area contributed by atoms with E-state index in [1.807, 2.05) is 63.2 Å². The van der Waals surface area contributed by atoms with Gasteiger partial charge < -0.3 is 19.7 Å². The Bertz CT molecular complexity index is 1000. The number of halogens is 1. The molecule has 2 rings (SSSR count). The van der Waals surface area contributed by atoms with Crippen LogP contribution in [0.2, 0.25) is 0 Å². The van der Waals surface area contributed by atoms with Crippen molar-refractivity contribution in [1.82, 2.24) is 10.2 Å². The van der Waals surface area contributed by atoms with E-state index in [1.165, 1.54) is 0 Å². The smallest absolute Gasteiger partial charge is 0.261 e. The summed E-state index contributed by atoms with van der Waals surface area (Å²) >= 11 is 3.57. The number of nitrogens with one attached hydrogen (secondary N) is 1. The molecule has 1 atom stereocenters. The maximum Gasteiger partial charge on any atom is 0.261 e. The highest BCUT2D eigenvalue weighted by Crippen LogP contribution is 2.31. The summed E-state index contributed by atoms with van der Waals surface area (Å²) in [4.78, 5) is 28.0. The summed E-state index contributed by atoms with van der Waals surface area (Å²) in [5.41, 5.74) is 2.04. The predicted octanol–water partition coefficient (Wildman–Crippen LogP) is 5.71. The van der Waals surface area contributed by atoms with E-state index in [9.17, 15) is 9.59 Å². The zero-order valence-corrected chi connectivity index (χ0v) is 23.6. The van der Waals surface area contributed by atoms with Gasteiger partial charge in [0.05, 0.1) is 11.6 Å². The molecular weight excluding hydrogens is 508 g/mol. The van der Waals surface area contributed by atoms with Gasteiger partial charge in [-0.05, 0) is 69.1 Å². The number of benzene rings is 2. The molecule has 2 aromatic rings. The van der Waals surface area contributed by atoms with E-state index >= 15 is 0 Å². The van der Waals surface area contributed by atoms with Crippen molar-refractivity contribution in [3.05, 3.63) is 58.1 Å². The first kappa shape index (κ1) is 28.7. The van der Waals surface area contributed by atoms with Crippen LogP contribution in [0.3, 0.4) is 0 Å². The number of hydrogen-bond acceptors (Lipinski definition) is 4. The van der Waals surface area contributed by atoms with Crippen LogP contribution in [0.15, 0.2) is 46.9 Å². The van der Waals surface area contributed by atoms with Gasteiger partial charge in [0, 0.05) is 13.1 Å². The average Bonchev–Trinajstić information content (AvgIpc) is 2.81. The SMILES string of the molecule is CCC(C(=O)NCC(C)C)N(Cc1cccc(OC)c1)C(=O)COc1ccc(C(C)(C)C)cc1Br. The summed E-state index contributed by atoms with van der Waals surface area (Å²) in [6.45, 7) is 13.1. The fourth-order valence-electron chi connectivity index (χ4n) is 3.62. The highest BCUT2D eigenvalue weighted by atomic mass is 79.9. The van der Waals surface area contributed by atoms with Crippen molar-refractivity contribution in [3.63, 3.8) is 0 Å². The summed E-state index contributed by atoms with van der Waals surface area (Å²) in [7, 11) is 1.60. The molecule has 0 saturated carbocycles. The molecule has 1 unspecified atom stereocenters. The molecule has 7 heteroatoms. The van der Waals surface area contributed by atoms with Crippen molar-refractivity contribution in [2.45, 2.75) is 66.0 Å². The van der Waals surface area contributed by atoms with Gasteiger partial charge in [0.2, 0.25) is 5.91 Å². The van der Waals surface area contributed by atoms with Crippen LogP contribution in [0.25, 0.3) is 0 Å². The maximum atomic E-state index is 13.4. The van der Waals surface area contributed by atoms with Crippen molar-refractivity contribution in [2.75, 3.05) is 20.3 Å². The lowest BCUT2D eigenvalue weighted by molar-refractivity contribution is -0.143. The first-order valence-electron chi connectivity index (χ1n) is 12.1. The van der Waals surface area contributed by atoms with Crippen molar-refractivity contribution >= 4 is 27.7 Å². The summed E-state index contributed by atoms with van der Waals surface area (Å²) in [6, 6.07) is 12.8. The second-order valence-electron chi connectivity index (χ2n) is 10.1. The maximum absolute atomic E-state index is 13.4. The van der Waals surface area contributed by atoms with Crippen LogP contribution >= 0.6 is 15.9 Å². The molecule has 0 spiro atoms. The second kappa shape index (κ2) is 13.0. The van der Waals surface area contributed by atoms with E-state index < -0.39 is 6.04 Å². The Labute approximate surface area is 218 Å². The van der Waals surface area contributed by atoms with Gasteiger partial charge in [-0.25, -0.2) is 0 Å². The molecule has 0 fully saturated rings. The number of ether oxygens (including phenoxy) is 2. The number of carbonyl (C=O) groups is 2. The third-order valence-corrected chi connectivity index (χ3v) is 6.33. The van der Waals surface area contributed by atoms with Crippen LogP contribution in [0, 0.1) is 5.92 Å². The number of methoxy groups -OCH3 is 1. The van der Waals surface area contributed by atoms with Crippen LogP contribution in [-0.2, 0) is 21.5 Å². The molecule has 0 heterocycles. The van der Waals surface area contributed by atoms with Crippen molar-refractivity contribution in [3.8, 4) is 11.5 Å². The van der Waals surface area contributed by atoms with E-state index in [0.717, 1.165) is 15.6 Å². The zero-order chi connectivity index (χ0) is 26.2. The van der Waals surface area contributed by atoms with Gasteiger partial charge in [0.25, 0.3) is 5.91 Å². The topological polar surface area (TPSA) is 67.9 Å². The number of hydrogen-bond donors (Lipinski definition) is 1. The second-order valence-corrected chi connectivity index (χ2v) is 11.0. The Morgan fingerprint density at radius 2 is 1.83 bits per heavy atom. The Morgan fingerprint density at radius 1 is 1.11 bits per heavy atom. The highest BCUT2D eigenvalue weighted by Gasteiger charge is 2.29. The van der Waals surface area contributed by atoms with E-state index in [-0.39, 0.29) is 30.4 Å². The van der Waals surface area contributed by atoms with Crippen LogP contribution in [0.1, 0.15) is 59.1 Å². The zero-order valence-electron chi connectivity index (χ0n) is 22.0. The average molecular weight is 548 g/mol. The lowest BCUT2D eigenvalue weighted by Gasteiger charge is -2.31. The first-order chi connectivity index (χ1) is 16.5. The van der Waals surface area contributed by atoms with Crippen molar-refractivity contribution in [2.24, 2.45) is 5.92 Å². The summed E-state index contributed by atoms with van der Waals surface area (Å²) in [5.74, 6) is 1.19. The number of carbonyl (C=O) groups excluding carboxylic acids is 2. The molecule has 35 heavy (non-hydrogen) atoms. The van der Waals surface area contributed by atoms with Gasteiger partial charge in [0.1, 0.15) is 17.5 Å². The van der Waals surface area contributed by atoms with Gasteiger partial charge >= 0.3 is 0 Å². The summed E-state index contributed by atoms with van der Waals surface area (Å²) in [6.07, 6.45) is 0.490. The molecule has 1 N–H and O–H groups in total. The van der Waals surface area contributed by atoms with E-state index in [1.54, 1.807) is 12.0 Å². The third kappa shape index (κ3) is 8.57. The Kier molecular flexibility index (Phi) is 10.6. The molecule has 0 aromatic heterocycles. The summed E-state index contributed by atoms with van der Waals surface area (Å²) < 4.78 is 12.0. The van der Waals surface area contributed by atoms with E-state index in [0.29, 0.717) is 30.4 Å². The number of nitrogens with zero attached hydrogens (tertiary/aromatic N) is 1. The molecule has 6 nitrogen and oxygen atoms in total. The fourth-order valence-corrected chi connectivity index (χ4v) is 4.11.